The Bertz CT molecular complexity index is 695. The Hall–Kier alpha value is -2.11. The predicted molar refractivity (Wildman–Crippen MR) is 82.5 cm³/mol. The summed E-state index contributed by atoms with van der Waals surface area (Å²) in [5.41, 5.74) is -0.0652. The maximum absolute atomic E-state index is 11.3. The molecule has 0 aromatic carbocycles. The highest BCUT2D eigenvalue weighted by Gasteiger charge is 2.38. The zero-order chi connectivity index (χ0) is 14.7. The molecule has 0 spiro atoms. The quantitative estimate of drug-likeness (QED) is 0.744. The zero-order valence-corrected chi connectivity index (χ0v) is 12.6. The van der Waals surface area contributed by atoms with Crippen molar-refractivity contribution in [3.05, 3.63) is 88.7 Å². The van der Waals surface area contributed by atoms with Gasteiger partial charge in [0.2, 0.25) is 0 Å². The van der Waals surface area contributed by atoms with Gasteiger partial charge < -0.3 is 5.11 Å². The van der Waals surface area contributed by atoms with E-state index in [4.69, 9.17) is 0 Å². The third-order valence-corrected chi connectivity index (χ3v) is 3.60. The first-order valence-corrected chi connectivity index (χ1v) is 7.19. The van der Waals surface area contributed by atoms with Crippen molar-refractivity contribution in [1.82, 2.24) is 15.0 Å². The minimum Gasteiger partial charge on any atom is -0.372 e. The summed E-state index contributed by atoms with van der Waals surface area (Å²) in [6.45, 7) is 0. The fourth-order valence-corrected chi connectivity index (χ4v) is 2.50. The summed E-state index contributed by atoms with van der Waals surface area (Å²) in [4.78, 5) is 13.0. The third-order valence-electron chi connectivity index (χ3n) is 3.16. The van der Waals surface area contributed by atoms with Crippen molar-refractivity contribution in [2.24, 2.45) is 0 Å². The van der Waals surface area contributed by atoms with Gasteiger partial charge in [0.15, 0.2) is 5.60 Å². The molecule has 0 aliphatic rings. The molecule has 3 aromatic rings. The van der Waals surface area contributed by atoms with E-state index in [1.165, 1.54) is 0 Å². The highest BCUT2D eigenvalue weighted by molar-refractivity contribution is 9.10. The molecule has 0 bridgehead atoms. The van der Waals surface area contributed by atoms with Crippen LogP contribution in [0.1, 0.15) is 17.1 Å². The number of pyridine rings is 3. The second-order valence-corrected chi connectivity index (χ2v) is 5.30. The Morgan fingerprint density at radius 2 is 1.33 bits per heavy atom. The first kappa shape index (κ1) is 13.9. The van der Waals surface area contributed by atoms with Crippen LogP contribution in [0.25, 0.3) is 0 Å². The summed E-state index contributed by atoms with van der Waals surface area (Å²) < 4.78 is 0.644. The molecule has 0 aliphatic heterocycles. The average molecular weight is 342 g/mol. The van der Waals surface area contributed by atoms with E-state index in [0.717, 1.165) is 0 Å². The topological polar surface area (TPSA) is 58.9 Å². The van der Waals surface area contributed by atoms with E-state index in [1.54, 1.807) is 48.8 Å². The van der Waals surface area contributed by atoms with Crippen LogP contribution in [0.2, 0.25) is 0 Å². The Morgan fingerprint density at radius 3 is 1.81 bits per heavy atom. The fraction of sp³-hybridized carbons (Fsp3) is 0.0625. The molecule has 0 amide bonds. The lowest BCUT2D eigenvalue weighted by Gasteiger charge is -2.26. The van der Waals surface area contributed by atoms with Gasteiger partial charge in [0.1, 0.15) is 4.60 Å². The monoisotopic (exact) mass is 341 g/mol. The molecular formula is C16H12BrN3O. The number of rotatable bonds is 3. The van der Waals surface area contributed by atoms with Gasteiger partial charge in [0.05, 0.1) is 17.1 Å². The molecular weight excluding hydrogens is 330 g/mol. The molecule has 0 saturated heterocycles. The van der Waals surface area contributed by atoms with E-state index in [1.807, 2.05) is 18.2 Å². The summed E-state index contributed by atoms with van der Waals surface area (Å²) in [7, 11) is 0. The van der Waals surface area contributed by atoms with Crippen molar-refractivity contribution in [3.63, 3.8) is 0 Å². The van der Waals surface area contributed by atoms with Gasteiger partial charge in [0, 0.05) is 12.4 Å². The number of aliphatic hydroxyl groups is 1. The van der Waals surface area contributed by atoms with Crippen molar-refractivity contribution in [3.8, 4) is 0 Å². The van der Waals surface area contributed by atoms with Crippen LogP contribution in [-0.4, -0.2) is 20.1 Å². The summed E-state index contributed by atoms with van der Waals surface area (Å²) >= 11 is 3.34. The second-order valence-electron chi connectivity index (χ2n) is 4.49. The minimum atomic E-state index is -1.49. The standard InChI is InChI=1S/C16H12BrN3O/c17-15-9-5-8-14(20-15)16(21,12-6-1-3-10-18-12)13-7-2-4-11-19-13/h1-11,21H. The maximum atomic E-state index is 11.3. The molecule has 4 nitrogen and oxygen atoms in total. The first-order chi connectivity index (χ1) is 10.2. The van der Waals surface area contributed by atoms with E-state index in [2.05, 4.69) is 30.9 Å². The number of nitrogens with zero attached hydrogens (tertiary/aromatic N) is 3. The Kier molecular flexibility index (Phi) is 3.77. The number of halogens is 1. The normalized spacial score (nSPS) is 11.3. The summed E-state index contributed by atoms with van der Waals surface area (Å²) in [5, 5.41) is 11.3. The van der Waals surface area contributed by atoms with Crippen molar-refractivity contribution in [2.45, 2.75) is 5.60 Å². The Morgan fingerprint density at radius 1 is 0.762 bits per heavy atom. The lowest BCUT2D eigenvalue weighted by molar-refractivity contribution is 0.111. The van der Waals surface area contributed by atoms with E-state index < -0.39 is 5.60 Å². The van der Waals surface area contributed by atoms with E-state index in [-0.39, 0.29) is 0 Å². The van der Waals surface area contributed by atoms with Crippen LogP contribution in [0.3, 0.4) is 0 Å². The molecule has 0 atom stereocenters. The molecule has 21 heavy (non-hydrogen) atoms. The molecule has 5 heteroatoms. The zero-order valence-electron chi connectivity index (χ0n) is 11.0. The van der Waals surface area contributed by atoms with Gasteiger partial charge in [-0.2, -0.15) is 0 Å². The lowest BCUT2D eigenvalue weighted by Crippen LogP contribution is -2.32. The molecule has 104 valence electrons. The van der Waals surface area contributed by atoms with Crippen LogP contribution >= 0.6 is 15.9 Å². The van der Waals surface area contributed by atoms with Crippen LogP contribution in [0.4, 0.5) is 0 Å². The van der Waals surface area contributed by atoms with Gasteiger partial charge in [-0.3, -0.25) is 9.97 Å². The van der Waals surface area contributed by atoms with Gasteiger partial charge in [-0.15, -0.1) is 0 Å². The largest absolute Gasteiger partial charge is 0.372 e. The smallest absolute Gasteiger partial charge is 0.191 e. The lowest BCUT2D eigenvalue weighted by atomic mass is 9.90. The SMILES string of the molecule is OC(c1ccccn1)(c1ccccn1)c1cccc(Br)n1. The van der Waals surface area contributed by atoms with Crippen LogP contribution < -0.4 is 0 Å². The maximum Gasteiger partial charge on any atom is 0.191 e. The Balaban J connectivity index is 2.25. The van der Waals surface area contributed by atoms with Gasteiger partial charge >= 0.3 is 0 Å². The second kappa shape index (κ2) is 5.71. The molecule has 0 radical (unpaired) electrons. The average Bonchev–Trinajstić information content (AvgIpc) is 2.56. The first-order valence-electron chi connectivity index (χ1n) is 6.39. The molecule has 3 aromatic heterocycles. The molecule has 0 saturated carbocycles. The van der Waals surface area contributed by atoms with Crippen LogP contribution in [-0.2, 0) is 5.60 Å². The molecule has 0 aliphatic carbocycles. The number of aromatic nitrogens is 3. The summed E-state index contributed by atoms with van der Waals surface area (Å²) in [6, 6.07) is 16.2. The van der Waals surface area contributed by atoms with E-state index in [9.17, 15) is 5.11 Å². The summed E-state index contributed by atoms with van der Waals surface area (Å²) in [5.74, 6) is 0. The van der Waals surface area contributed by atoms with Crippen LogP contribution in [0.15, 0.2) is 71.6 Å². The minimum absolute atomic E-state index is 0.467. The molecule has 3 heterocycles. The van der Waals surface area contributed by atoms with Crippen molar-refractivity contribution < 1.29 is 5.11 Å². The summed E-state index contributed by atoms with van der Waals surface area (Å²) in [6.07, 6.45) is 3.28. The third kappa shape index (κ3) is 2.57. The van der Waals surface area contributed by atoms with Gasteiger partial charge in [-0.1, -0.05) is 18.2 Å². The van der Waals surface area contributed by atoms with Crippen LogP contribution in [0.5, 0.6) is 0 Å². The molecule has 1 N–H and O–H groups in total. The van der Waals surface area contributed by atoms with E-state index >= 15 is 0 Å². The van der Waals surface area contributed by atoms with Crippen molar-refractivity contribution >= 4 is 15.9 Å². The molecule has 0 fully saturated rings. The predicted octanol–water partition coefficient (Wildman–Crippen LogP) is 2.92. The van der Waals surface area contributed by atoms with Gasteiger partial charge in [0.25, 0.3) is 0 Å². The fourth-order valence-electron chi connectivity index (χ4n) is 2.16. The number of hydrogen-bond donors (Lipinski definition) is 1. The highest BCUT2D eigenvalue weighted by atomic mass is 79.9. The van der Waals surface area contributed by atoms with Gasteiger partial charge in [-0.05, 0) is 52.3 Å². The van der Waals surface area contributed by atoms with Crippen molar-refractivity contribution in [1.29, 1.82) is 0 Å². The van der Waals surface area contributed by atoms with Crippen LogP contribution in [0, 0.1) is 0 Å². The van der Waals surface area contributed by atoms with E-state index in [0.29, 0.717) is 21.7 Å². The van der Waals surface area contributed by atoms with Crippen molar-refractivity contribution in [2.75, 3.05) is 0 Å². The Labute approximate surface area is 130 Å². The number of hydrogen-bond acceptors (Lipinski definition) is 4. The molecule has 3 rings (SSSR count). The van der Waals surface area contributed by atoms with Gasteiger partial charge in [-0.25, -0.2) is 4.98 Å². The molecule has 0 unspecified atom stereocenters. The highest BCUT2D eigenvalue weighted by Crippen LogP contribution is 2.33.